The Morgan fingerprint density at radius 3 is 2.44 bits per heavy atom. The van der Waals surface area contributed by atoms with Crippen LogP contribution in [0.2, 0.25) is 0 Å². The van der Waals surface area contributed by atoms with Crippen LogP contribution in [0.5, 0.6) is 0 Å². The first-order chi connectivity index (χ1) is 8.47. The molecule has 1 heterocycles. The third-order valence-electron chi connectivity index (χ3n) is 2.69. The second-order valence-corrected chi connectivity index (χ2v) is 4.49. The van der Waals surface area contributed by atoms with E-state index in [1.54, 1.807) is 16.9 Å². The van der Waals surface area contributed by atoms with Crippen molar-refractivity contribution in [3.63, 3.8) is 0 Å². The number of halogens is 2. The maximum absolute atomic E-state index is 12.7. The van der Waals surface area contributed by atoms with Crippen molar-refractivity contribution in [1.29, 1.82) is 0 Å². The first-order valence-electron chi connectivity index (χ1n) is 5.70. The van der Waals surface area contributed by atoms with Crippen LogP contribution in [-0.4, -0.2) is 9.78 Å². The summed E-state index contributed by atoms with van der Waals surface area (Å²) in [6.07, 6.45) is 0.964. The van der Waals surface area contributed by atoms with E-state index < -0.39 is 6.43 Å². The van der Waals surface area contributed by atoms with E-state index in [9.17, 15) is 8.78 Å². The van der Waals surface area contributed by atoms with Crippen LogP contribution < -0.4 is 5.73 Å². The van der Waals surface area contributed by atoms with Gasteiger partial charge in [0.05, 0.1) is 6.20 Å². The summed E-state index contributed by atoms with van der Waals surface area (Å²) in [5, 5.41) is 4.18. The predicted octanol–water partition coefficient (Wildman–Crippen LogP) is 3.65. The summed E-state index contributed by atoms with van der Waals surface area (Å²) in [6.45, 7) is 4.00. The molecule has 0 spiro atoms. The van der Waals surface area contributed by atoms with E-state index in [2.05, 4.69) is 5.10 Å². The van der Waals surface area contributed by atoms with Crippen LogP contribution in [-0.2, 0) is 0 Å². The van der Waals surface area contributed by atoms with E-state index in [4.69, 9.17) is 5.73 Å². The van der Waals surface area contributed by atoms with Crippen LogP contribution in [0.25, 0.3) is 11.1 Å². The second-order valence-electron chi connectivity index (χ2n) is 4.49. The van der Waals surface area contributed by atoms with Gasteiger partial charge in [-0.1, -0.05) is 0 Å². The average Bonchev–Trinajstić information content (AvgIpc) is 2.77. The Bertz CT molecular complexity index is 547. The first-order valence-corrected chi connectivity index (χ1v) is 5.70. The Morgan fingerprint density at radius 1 is 1.17 bits per heavy atom. The van der Waals surface area contributed by atoms with Crippen molar-refractivity contribution in [3.05, 3.63) is 36.2 Å². The topological polar surface area (TPSA) is 43.8 Å². The highest BCUT2D eigenvalue weighted by molar-refractivity contribution is 5.67. The molecule has 18 heavy (non-hydrogen) atoms. The lowest BCUT2D eigenvalue weighted by molar-refractivity contribution is 0.151. The monoisotopic (exact) mass is 251 g/mol. The largest absolute Gasteiger partial charge is 0.399 e. The summed E-state index contributed by atoms with van der Waals surface area (Å²) in [6, 6.07) is 4.64. The molecule has 0 atom stereocenters. The average molecular weight is 251 g/mol. The summed E-state index contributed by atoms with van der Waals surface area (Å²) in [4.78, 5) is 0. The summed E-state index contributed by atoms with van der Waals surface area (Å²) < 4.78 is 27.2. The Balaban J connectivity index is 2.43. The molecule has 2 N–H and O–H groups in total. The molecule has 0 bridgehead atoms. The molecule has 0 amide bonds. The van der Waals surface area contributed by atoms with Crippen molar-refractivity contribution in [3.8, 4) is 11.1 Å². The quantitative estimate of drug-likeness (QED) is 0.846. The molecule has 3 nitrogen and oxygen atoms in total. The number of nitrogens with zero attached hydrogens (tertiary/aromatic N) is 2. The van der Waals surface area contributed by atoms with Crippen LogP contribution >= 0.6 is 0 Å². The van der Waals surface area contributed by atoms with Crippen LogP contribution in [0.4, 0.5) is 14.5 Å². The zero-order chi connectivity index (χ0) is 13.3. The van der Waals surface area contributed by atoms with Gasteiger partial charge >= 0.3 is 0 Å². The molecular formula is C13H15F2N3. The van der Waals surface area contributed by atoms with Crippen LogP contribution in [0, 0.1) is 0 Å². The van der Waals surface area contributed by atoms with E-state index in [1.165, 1.54) is 12.1 Å². The Morgan fingerprint density at radius 2 is 1.89 bits per heavy atom. The molecule has 0 aliphatic heterocycles. The standard InChI is InChI=1S/C13H15F2N3/c1-8(2)18-7-11(6-17-18)9-3-10(13(14)15)5-12(16)4-9/h3-8,13H,16H2,1-2H3. The van der Waals surface area contributed by atoms with Gasteiger partial charge in [-0.3, -0.25) is 4.68 Å². The Labute approximate surface area is 104 Å². The zero-order valence-electron chi connectivity index (χ0n) is 10.3. The van der Waals surface area contributed by atoms with Gasteiger partial charge in [0.25, 0.3) is 6.43 Å². The Hall–Kier alpha value is -1.91. The van der Waals surface area contributed by atoms with Gasteiger partial charge in [-0.25, -0.2) is 8.78 Å². The van der Waals surface area contributed by atoms with Crippen molar-refractivity contribution in [1.82, 2.24) is 9.78 Å². The number of anilines is 1. The van der Waals surface area contributed by atoms with Crippen LogP contribution in [0.3, 0.4) is 0 Å². The molecule has 2 aromatic rings. The van der Waals surface area contributed by atoms with Crippen molar-refractivity contribution in [2.75, 3.05) is 5.73 Å². The molecule has 1 aromatic carbocycles. The summed E-state index contributed by atoms with van der Waals surface area (Å²) in [5.74, 6) is 0. The summed E-state index contributed by atoms with van der Waals surface area (Å²) in [7, 11) is 0. The zero-order valence-corrected chi connectivity index (χ0v) is 10.3. The molecule has 2 rings (SSSR count). The molecule has 0 fully saturated rings. The molecular weight excluding hydrogens is 236 g/mol. The van der Waals surface area contributed by atoms with Crippen molar-refractivity contribution in [2.45, 2.75) is 26.3 Å². The number of nitrogens with two attached hydrogens (primary N) is 1. The highest BCUT2D eigenvalue weighted by Gasteiger charge is 2.11. The highest BCUT2D eigenvalue weighted by Crippen LogP contribution is 2.28. The van der Waals surface area contributed by atoms with Gasteiger partial charge < -0.3 is 5.73 Å². The van der Waals surface area contributed by atoms with E-state index in [0.717, 1.165) is 5.56 Å². The van der Waals surface area contributed by atoms with Gasteiger partial charge in [0.1, 0.15) is 0 Å². The second kappa shape index (κ2) is 4.76. The predicted molar refractivity (Wildman–Crippen MR) is 67.4 cm³/mol. The van der Waals surface area contributed by atoms with Gasteiger partial charge in [-0.2, -0.15) is 5.10 Å². The molecule has 0 saturated heterocycles. The maximum atomic E-state index is 12.7. The number of nitrogen functional groups attached to an aromatic ring is 1. The normalized spacial score (nSPS) is 11.4. The number of alkyl halides is 2. The highest BCUT2D eigenvalue weighted by atomic mass is 19.3. The van der Waals surface area contributed by atoms with Gasteiger partial charge in [-0.05, 0) is 37.6 Å². The summed E-state index contributed by atoms with van der Waals surface area (Å²) in [5.41, 5.74) is 7.36. The first kappa shape index (κ1) is 12.5. The fourth-order valence-electron chi connectivity index (χ4n) is 1.74. The van der Waals surface area contributed by atoms with E-state index in [0.29, 0.717) is 11.3 Å². The minimum absolute atomic E-state index is 0.0673. The molecule has 0 radical (unpaired) electrons. The van der Waals surface area contributed by atoms with E-state index in [1.807, 2.05) is 20.0 Å². The number of aromatic nitrogens is 2. The molecule has 1 aromatic heterocycles. The van der Waals surface area contributed by atoms with E-state index >= 15 is 0 Å². The Kier molecular flexibility index (Phi) is 3.32. The third-order valence-corrected chi connectivity index (χ3v) is 2.69. The molecule has 0 aliphatic carbocycles. The molecule has 0 unspecified atom stereocenters. The minimum atomic E-state index is -2.52. The fraction of sp³-hybridized carbons (Fsp3) is 0.308. The molecule has 0 aliphatic rings. The fourth-order valence-corrected chi connectivity index (χ4v) is 1.74. The number of benzene rings is 1. The van der Waals surface area contributed by atoms with Crippen molar-refractivity contribution < 1.29 is 8.78 Å². The molecule has 5 heteroatoms. The third kappa shape index (κ3) is 2.50. The lowest BCUT2D eigenvalue weighted by Crippen LogP contribution is -1.99. The van der Waals surface area contributed by atoms with Crippen LogP contribution in [0.15, 0.2) is 30.6 Å². The van der Waals surface area contributed by atoms with Gasteiger partial charge in [0.15, 0.2) is 0 Å². The SMILES string of the molecule is CC(C)n1cc(-c2cc(N)cc(C(F)F)c2)cn1. The van der Waals surface area contributed by atoms with Crippen LogP contribution in [0.1, 0.15) is 31.9 Å². The molecule has 0 saturated carbocycles. The van der Waals surface area contributed by atoms with Gasteiger partial charge in [0.2, 0.25) is 0 Å². The number of hydrogen-bond donors (Lipinski definition) is 1. The smallest absolute Gasteiger partial charge is 0.263 e. The number of hydrogen-bond acceptors (Lipinski definition) is 2. The number of rotatable bonds is 3. The lowest BCUT2D eigenvalue weighted by Gasteiger charge is -2.06. The lowest BCUT2D eigenvalue weighted by atomic mass is 10.1. The van der Waals surface area contributed by atoms with Gasteiger partial charge in [-0.15, -0.1) is 0 Å². The van der Waals surface area contributed by atoms with E-state index in [-0.39, 0.29) is 11.6 Å². The molecule has 96 valence electrons. The minimum Gasteiger partial charge on any atom is -0.399 e. The van der Waals surface area contributed by atoms with Crippen molar-refractivity contribution >= 4 is 5.69 Å². The summed E-state index contributed by atoms with van der Waals surface area (Å²) >= 11 is 0. The maximum Gasteiger partial charge on any atom is 0.263 e. The van der Waals surface area contributed by atoms with Crippen molar-refractivity contribution in [2.24, 2.45) is 0 Å². The van der Waals surface area contributed by atoms with Gasteiger partial charge in [0, 0.05) is 29.1 Å².